The molecule has 0 amide bonds. The van der Waals surface area contributed by atoms with Gasteiger partial charge >= 0.3 is 0 Å². The van der Waals surface area contributed by atoms with Crippen molar-refractivity contribution in [3.63, 3.8) is 0 Å². The van der Waals surface area contributed by atoms with Crippen LogP contribution in [0.5, 0.6) is 0 Å². The predicted molar refractivity (Wildman–Crippen MR) is 50.5 cm³/mol. The summed E-state index contributed by atoms with van der Waals surface area (Å²) in [6.07, 6.45) is 5.88. The quantitative estimate of drug-likeness (QED) is 0.664. The summed E-state index contributed by atoms with van der Waals surface area (Å²) in [7, 11) is 0. The van der Waals surface area contributed by atoms with Gasteiger partial charge in [0.05, 0.1) is 18.8 Å². The van der Waals surface area contributed by atoms with E-state index >= 15 is 0 Å². The lowest BCUT2D eigenvalue weighted by Crippen LogP contribution is -2.21. The zero-order valence-corrected chi connectivity index (χ0v) is 8.31. The van der Waals surface area contributed by atoms with E-state index in [9.17, 15) is 0 Å². The lowest BCUT2D eigenvalue weighted by molar-refractivity contribution is 0.0543. The van der Waals surface area contributed by atoms with E-state index in [4.69, 9.17) is 4.74 Å². The number of hydrogen-bond acceptors (Lipinski definition) is 3. The Labute approximate surface area is 78.9 Å². The summed E-state index contributed by atoms with van der Waals surface area (Å²) in [6, 6.07) is 0.409. The highest BCUT2D eigenvalue weighted by atomic mass is 16.5. The molecule has 0 aliphatic carbocycles. The van der Waals surface area contributed by atoms with Gasteiger partial charge in [0.2, 0.25) is 0 Å². The summed E-state index contributed by atoms with van der Waals surface area (Å²) in [5, 5.41) is 7.68. The highest BCUT2D eigenvalue weighted by Gasteiger charge is 2.15. The van der Waals surface area contributed by atoms with Crippen LogP contribution in [0.3, 0.4) is 0 Å². The van der Waals surface area contributed by atoms with Crippen molar-refractivity contribution in [2.24, 2.45) is 0 Å². The molecule has 74 valence electrons. The largest absolute Gasteiger partial charge is 0.379 e. The molecule has 1 aliphatic rings. The Morgan fingerprint density at radius 1 is 1.46 bits per heavy atom. The molecule has 4 heteroatoms. The Bertz CT molecular complexity index is 205. The minimum Gasteiger partial charge on any atom is -0.379 e. The number of aromatic nitrogens is 3. The normalized spacial score (nSPS) is 21.8. The van der Waals surface area contributed by atoms with Crippen LogP contribution in [0.2, 0.25) is 0 Å². The molecule has 0 spiro atoms. The molecule has 2 rings (SSSR count). The third kappa shape index (κ3) is 2.81. The van der Waals surface area contributed by atoms with Gasteiger partial charge in [0.1, 0.15) is 0 Å². The first-order valence-corrected chi connectivity index (χ1v) is 4.90. The van der Waals surface area contributed by atoms with E-state index in [1.807, 2.05) is 24.7 Å². The van der Waals surface area contributed by atoms with E-state index in [-0.39, 0.29) is 0 Å². The highest BCUT2D eigenvalue weighted by Crippen LogP contribution is 2.16. The Balaban J connectivity index is 0.000000396. The molecule has 2 heterocycles. The van der Waals surface area contributed by atoms with Crippen molar-refractivity contribution in [1.29, 1.82) is 0 Å². The summed E-state index contributed by atoms with van der Waals surface area (Å²) < 4.78 is 7.19. The van der Waals surface area contributed by atoms with Crippen LogP contribution in [-0.2, 0) is 4.74 Å². The molecule has 1 fully saturated rings. The molecule has 1 aliphatic heterocycles. The maximum absolute atomic E-state index is 5.32. The fourth-order valence-electron chi connectivity index (χ4n) is 1.34. The fourth-order valence-corrected chi connectivity index (χ4v) is 1.34. The van der Waals surface area contributed by atoms with E-state index in [1.165, 1.54) is 0 Å². The monoisotopic (exact) mass is 183 g/mol. The zero-order valence-electron chi connectivity index (χ0n) is 8.31. The Hall–Kier alpha value is -0.900. The van der Waals surface area contributed by atoms with Crippen molar-refractivity contribution < 1.29 is 4.74 Å². The summed E-state index contributed by atoms with van der Waals surface area (Å²) in [5.74, 6) is 0. The standard InChI is InChI=1S/C7H11N3O.C2H6/c1-2-7(6-11-5-1)10-4-3-8-9-10;1-2/h3-4,7H,1-2,5-6H2;1-2H3/t7-;/m0./s1. The lowest BCUT2D eigenvalue weighted by atomic mass is 10.1. The maximum Gasteiger partial charge on any atom is 0.0771 e. The van der Waals surface area contributed by atoms with Crippen LogP contribution < -0.4 is 0 Å². The molecular weight excluding hydrogens is 166 g/mol. The van der Waals surface area contributed by atoms with Gasteiger partial charge in [-0.3, -0.25) is 0 Å². The van der Waals surface area contributed by atoms with Crippen LogP contribution in [-0.4, -0.2) is 28.2 Å². The summed E-state index contributed by atoms with van der Waals surface area (Å²) in [5.41, 5.74) is 0. The van der Waals surface area contributed by atoms with E-state index in [0.29, 0.717) is 6.04 Å². The summed E-state index contributed by atoms with van der Waals surface area (Å²) >= 11 is 0. The number of nitrogens with zero attached hydrogens (tertiary/aromatic N) is 3. The molecule has 1 aromatic heterocycles. The second-order valence-electron chi connectivity index (χ2n) is 2.75. The van der Waals surface area contributed by atoms with Gasteiger partial charge < -0.3 is 4.74 Å². The second kappa shape index (κ2) is 5.70. The van der Waals surface area contributed by atoms with E-state index in [1.54, 1.807) is 6.20 Å². The molecule has 0 radical (unpaired) electrons. The Morgan fingerprint density at radius 2 is 2.31 bits per heavy atom. The average molecular weight is 183 g/mol. The number of hydrogen-bond donors (Lipinski definition) is 0. The molecule has 0 bridgehead atoms. The summed E-state index contributed by atoms with van der Waals surface area (Å²) in [6.45, 7) is 5.68. The molecule has 4 nitrogen and oxygen atoms in total. The first-order chi connectivity index (χ1) is 6.47. The molecular formula is C9H17N3O. The minimum absolute atomic E-state index is 0.409. The molecule has 1 aromatic rings. The highest BCUT2D eigenvalue weighted by molar-refractivity contribution is 4.74. The van der Waals surface area contributed by atoms with E-state index < -0.39 is 0 Å². The Morgan fingerprint density at radius 3 is 2.85 bits per heavy atom. The van der Waals surface area contributed by atoms with Crippen molar-refractivity contribution in [1.82, 2.24) is 15.0 Å². The van der Waals surface area contributed by atoms with Gasteiger partial charge in [-0.25, -0.2) is 4.68 Å². The van der Waals surface area contributed by atoms with Crippen molar-refractivity contribution >= 4 is 0 Å². The molecule has 1 saturated heterocycles. The van der Waals surface area contributed by atoms with Crippen molar-refractivity contribution in [2.45, 2.75) is 32.7 Å². The van der Waals surface area contributed by atoms with Crippen molar-refractivity contribution in [2.75, 3.05) is 13.2 Å². The van der Waals surface area contributed by atoms with Gasteiger partial charge in [-0.15, -0.1) is 5.10 Å². The average Bonchev–Trinajstić information content (AvgIpc) is 2.75. The third-order valence-electron chi connectivity index (χ3n) is 1.95. The topological polar surface area (TPSA) is 39.9 Å². The number of rotatable bonds is 1. The molecule has 0 saturated carbocycles. The maximum atomic E-state index is 5.32. The first kappa shape index (κ1) is 10.2. The third-order valence-corrected chi connectivity index (χ3v) is 1.95. The van der Waals surface area contributed by atoms with Crippen LogP contribution in [0.15, 0.2) is 12.4 Å². The fraction of sp³-hybridized carbons (Fsp3) is 0.778. The Kier molecular flexibility index (Phi) is 4.46. The smallest absolute Gasteiger partial charge is 0.0771 e. The van der Waals surface area contributed by atoms with Gasteiger partial charge in [-0.1, -0.05) is 19.1 Å². The second-order valence-corrected chi connectivity index (χ2v) is 2.75. The molecule has 1 atom stereocenters. The lowest BCUT2D eigenvalue weighted by Gasteiger charge is -2.21. The molecule has 0 aromatic carbocycles. The van der Waals surface area contributed by atoms with Gasteiger partial charge in [0.25, 0.3) is 0 Å². The van der Waals surface area contributed by atoms with Crippen LogP contribution >= 0.6 is 0 Å². The van der Waals surface area contributed by atoms with Gasteiger partial charge in [0, 0.05) is 12.8 Å². The summed E-state index contributed by atoms with van der Waals surface area (Å²) in [4.78, 5) is 0. The SMILES string of the molecule is CC.c1cn([C@H]2CCCOC2)nn1. The zero-order chi connectivity index (χ0) is 9.52. The van der Waals surface area contributed by atoms with Crippen LogP contribution in [0.1, 0.15) is 32.7 Å². The van der Waals surface area contributed by atoms with Gasteiger partial charge in [-0.05, 0) is 12.8 Å². The van der Waals surface area contributed by atoms with Crippen LogP contribution in [0.4, 0.5) is 0 Å². The van der Waals surface area contributed by atoms with Gasteiger partial charge in [-0.2, -0.15) is 0 Å². The van der Waals surface area contributed by atoms with Gasteiger partial charge in [0.15, 0.2) is 0 Å². The number of ether oxygens (including phenoxy) is 1. The van der Waals surface area contributed by atoms with Crippen molar-refractivity contribution in [3.05, 3.63) is 12.4 Å². The van der Waals surface area contributed by atoms with Crippen molar-refractivity contribution in [3.8, 4) is 0 Å². The predicted octanol–water partition coefficient (Wildman–Crippen LogP) is 1.66. The van der Waals surface area contributed by atoms with E-state index in [2.05, 4.69) is 10.3 Å². The molecule has 13 heavy (non-hydrogen) atoms. The molecule has 0 unspecified atom stereocenters. The van der Waals surface area contributed by atoms with Crippen LogP contribution in [0, 0.1) is 0 Å². The minimum atomic E-state index is 0.409. The van der Waals surface area contributed by atoms with Crippen LogP contribution in [0.25, 0.3) is 0 Å². The van der Waals surface area contributed by atoms with E-state index in [0.717, 1.165) is 26.1 Å². The first-order valence-electron chi connectivity index (χ1n) is 4.90. The molecule has 0 N–H and O–H groups in total.